The van der Waals surface area contributed by atoms with Gasteiger partial charge in [-0.3, -0.25) is 10.00 Å². The average Bonchev–Trinajstić information content (AvgIpc) is 3.23. The molecule has 2 aromatic heterocycles. The van der Waals surface area contributed by atoms with Crippen molar-refractivity contribution in [2.75, 3.05) is 41.7 Å². The molecule has 8 heteroatoms. The molecule has 0 unspecified atom stereocenters. The summed E-state index contributed by atoms with van der Waals surface area (Å²) in [6.07, 6.45) is 1.88. The van der Waals surface area contributed by atoms with Crippen molar-refractivity contribution < 1.29 is 5.11 Å². The molecule has 3 aromatic rings. The number of aromatic amines is 1. The average molecular weight is 450 g/mol. The van der Waals surface area contributed by atoms with Gasteiger partial charge in [-0.25, -0.2) is 4.98 Å². The van der Waals surface area contributed by atoms with Gasteiger partial charge in [0.1, 0.15) is 23.2 Å². The zero-order valence-corrected chi connectivity index (χ0v) is 20.2. The summed E-state index contributed by atoms with van der Waals surface area (Å²) in [5, 5.41) is 24.0. The third-order valence-electron chi connectivity index (χ3n) is 6.28. The van der Waals surface area contributed by atoms with Crippen molar-refractivity contribution in [1.82, 2.24) is 20.1 Å². The smallest absolute Gasteiger partial charge is 0.150 e. The second kappa shape index (κ2) is 9.70. The maximum absolute atomic E-state index is 9.94. The van der Waals surface area contributed by atoms with Crippen molar-refractivity contribution in [3.63, 3.8) is 0 Å². The van der Waals surface area contributed by atoms with Crippen LogP contribution in [-0.2, 0) is 6.54 Å². The number of nitrogens with one attached hydrogen (secondary N) is 3. The zero-order chi connectivity index (χ0) is 23.5. The van der Waals surface area contributed by atoms with Crippen LogP contribution in [0.15, 0.2) is 30.5 Å². The highest BCUT2D eigenvalue weighted by Crippen LogP contribution is 2.25. The molecule has 0 aliphatic carbocycles. The number of hydrogen-bond acceptors (Lipinski definition) is 7. The van der Waals surface area contributed by atoms with Gasteiger partial charge in [-0.1, -0.05) is 12.1 Å². The molecule has 0 radical (unpaired) electrons. The molecule has 0 amide bonds. The first-order chi connectivity index (χ1) is 15.8. The maximum atomic E-state index is 9.94. The zero-order valence-electron chi connectivity index (χ0n) is 20.2. The number of benzene rings is 1. The fourth-order valence-corrected chi connectivity index (χ4v) is 4.39. The highest BCUT2D eigenvalue weighted by molar-refractivity contribution is 5.62. The summed E-state index contributed by atoms with van der Waals surface area (Å²) in [4.78, 5) is 9.64. The van der Waals surface area contributed by atoms with E-state index in [-0.39, 0.29) is 0 Å². The van der Waals surface area contributed by atoms with E-state index in [1.807, 2.05) is 38.2 Å². The Labute approximate surface area is 196 Å². The van der Waals surface area contributed by atoms with Crippen molar-refractivity contribution >= 4 is 23.1 Å². The van der Waals surface area contributed by atoms with E-state index in [0.717, 1.165) is 71.6 Å². The molecule has 0 spiro atoms. The lowest BCUT2D eigenvalue weighted by atomic mass is 10.1. The van der Waals surface area contributed by atoms with E-state index in [4.69, 9.17) is 4.98 Å². The van der Waals surface area contributed by atoms with E-state index in [1.165, 1.54) is 0 Å². The van der Waals surface area contributed by atoms with Gasteiger partial charge >= 0.3 is 0 Å². The fourth-order valence-electron chi connectivity index (χ4n) is 4.39. The SMILES string of the molecule is Cc1cc(Nc2cc(NCc3cc(C)c(O)c(C)c3)n[nH]2)cnc1N1CCN(C(C)C)CC1. The minimum atomic E-state index is 0.359. The molecule has 0 atom stereocenters. The number of anilines is 4. The molecule has 1 aliphatic rings. The standard InChI is InChI=1S/C25H35N7O/c1-16(2)31-6-8-32(9-7-31)25-19(5)12-21(15-27-25)28-23-13-22(29-30-23)26-14-20-10-17(3)24(33)18(4)11-20/h10-13,15-16,33H,6-9,14H2,1-5H3,(H3,26,28,29,30). The third kappa shape index (κ3) is 5.39. The minimum absolute atomic E-state index is 0.359. The Balaban J connectivity index is 1.35. The van der Waals surface area contributed by atoms with E-state index in [0.29, 0.717) is 18.3 Å². The second-order valence-corrected chi connectivity index (χ2v) is 9.20. The van der Waals surface area contributed by atoms with Gasteiger partial charge in [0.05, 0.1) is 11.9 Å². The number of piperazine rings is 1. The first-order valence-corrected chi connectivity index (χ1v) is 11.6. The van der Waals surface area contributed by atoms with Crippen LogP contribution in [-0.4, -0.2) is 57.4 Å². The van der Waals surface area contributed by atoms with Gasteiger partial charge in [0.15, 0.2) is 0 Å². The number of phenolic OH excluding ortho intramolecular Hbond substituents is 1. The molecular weight excluding hydrogens is 414 g/mol. The number of hydrogen-bond donors (Lipinski definition) is 4. The van der Waals surface area contributed by atoms with Crippen molar-refractivity contribution in [2.45, 2.75) is 47.2 Å². The molecule has 33 heavy (non-hydrogen) atoms. The number of aromatic hydroxyl groups is 1. The van der Waals surface area contributed by atoms with Crippen molar-refractivity contribution in [2.24, 2.45) is 0 Å². The number of rotatable bonds is 7. The lowest BCUT2D eigenvalue weighted by Crippen LogP contribution is -2.49. The highest BCUT2D eigenvalue weighted by Gasteiger charge is 2.21. The lowest BCUT2D eigenvalue weighted by Gasteiger charge is -2.38. The maximum Gasteiger partial charge on any atom is 0.150 e. The predicted molar refractivity (Wildman–Crippen MR) is 135 cm³/mol. The Morgan fingerprint density at radius 3 is 2.33 bits per heavy atom. The number of aromatic nitrogens is 3. The number of H-pyrrole nitrogens is 1. The highest BCUT2D eigenvalue weighted by atomic mass is 16.3. The number of aryl methyl sites for hydroxylation is 3. The van der Waals surface area contributed by atoms with Gasteiger partial charge in [-0.05, 0) is 62.9 Å². The Bertz CT molecular complexity index is 1080. The molecular formula is C25H35N7O. The third-order valence-corrected chi connectivity index (χ3v) is 6.28. The quantitative estimate of drug-likeness (QED) is 0.427. The van der Waals surface area contributed by atoms with Crippen LogP contribution in [0.4, 0.5) is 23.1 Å². The molecule has 0 bridgehead atoms. The number of phenols is 1. The van der Waals surface area contributed by atoms with Crippen LogP contribution < -0.4 is 15.5 Å². The number of pyridine rings is 1. The normalized spacial score (nSPS) is 14.7. The van der Waals surface area contributed by atoms with E-state index in [9.17, 15) is 5.11 Å². The van der Waals surface area contributed by atoms with Gasteiger partial charge in [0.25, 0.3) is 0 Å². The second-order valence-electron chi connectivity index (χ2n) is 9.20. The molecule has 0 saturated carbocycles. The summed E-state index contributed by atoms with van der Waals surface area (Å²) in [7, 11) is 0. The van der Waals surface area contributed by atoms with Crippen LogP contribution in [0.3, 0.4) is 0 Å². The van der Waals surface area contributed by atoms with Gasteiger partial charge in [0.2, 0.25) is 0 Å². The Hall–Kier alpha value is -3.26. The van der Waals surface area contributed by atoms with E-state index >= 15 is 0 Å². The van der Waals surface area contributed by atoms with Gasteiger partial charge in [-0.15, -0.1) is 0 Å². The van der Waals surface area contributed by atoms with Gasteiger partial charge in [0, 0.05) is 44.8 Å². The largest absolute Gasteiger partial charge is 0.507 e. The topological polar surface area (TPSA) is 92.3 Å². The summed E-state index contributed by atoms with van der Waals surface area (Å²) < 4.78 is 0. The summed E-state index contributed by atoms with van der Waals surface area (Å²) in [5.41, 5.74) is 4.95. The van der Waals surface area contributed by atoms with Crippen LogP contribution in [0.2, 0.25) is 0 Å². The Kier molecular flexibility index (Phi) is 6.74. The van der Waals surface area contributed by atoms with Gasteiger partial charge < -0.3 is 20.6 Å². The molecule has 8 nitrogen and oxygen atoms in total. The van der Waals surface area contributed by atoms with Crippen LogP contribution in [0.25, 0.3) is 0 Å². The van der Waals surface area contributed by atoms with E-state index < -0.39 is 0 Å². The van der Waals surface area contributed by atoms with Gasteiger partial charge in [-0.2, -0.15) is 5.10 Å². The molecule has 1 aromatic carbocycles. The van der Waals surface area contributed by atoms with Crippen molar-refractivity contribution in [3.8, 4) is 5.75 Å². The van der Waals surface area contributed by atoms with Crippen molar-refractivity contribution in [1.29, 1.82) is 0 Å². The Morgan fingerprint density at radius 1 is 1.00 bits per heavy atom. The Morgan fingerprint density at radius 2 is 1.70 bits per heavy atom. The monoisotopic (exact) mass is 449 g/mol. The summed E-state index contributed by atoms with van der Waals surface area (Å²) in [5.74, 6) is 2.98. The summed E-state index contributed by atoms with van der Waals surface area (Å²) >= 11 is 0. The first kappa shape index (κ1) is 22.9. The molecule has 1 saturated heterocycles. The first-order valence-electron chi connectivity index (χ1n) is 11.6. The van der Waals surface area contributed by atoms with Crippen LogP contribution >= 0.6 is 0 Å². The van der Waals surface area contributed by atoms with E-state index in [1.54, 1.807) is 0 Å². The summed E-state index contributed by atoms with van der Waals surface area (Å²) in [6, 6.07) is 8.64. The molecule has 176 valence electrons. The predicted octanol–water partition coefficient (Wildman–Crippen LogP) is 4.32. The van der Waals surface area contributed by atoms with Crippen molar-refractivity contribution in [3.05, 3.63) is 52.7 Å². The molecule has 1 fully saturated rings. The molecule has 4 N–H and O–H groups in total. The lowest BCUT2D eigenvalue weighted by molar-refractivity contribution is 0.209. The van der Waals surface area contributed by atoms with Crippen LogP contribution in [0.5, 0.6) is 5.75 Å². The number of nitrogens with zero attached hydrogens (tertiary/aromatic N) is 4. The molecule has 3 heterocycles. The molecule has 4 rings (SSSR count). The molecule has 1 aliphatic heterocycles. The van der Waals surface area contributed by atoms with E-state index in [2.05, 4.69) is 57.5 Å². The minimum Gasteiger partial charge on any atom is -0.507 e. The summed E-state index contributed by atoms with van der Waals surface area (Å²) in [6.45, 7) is 15.2. The van der Waals surface area contributed by atoms with Crippen LogP contribution in [0, 0.1) is 20.8 Å². The van der Waals surface area contributed by atoms with Crippen LogP contribution in [0.1, 0.15) is 36.1 Å². The fraction of sp³-hybridized carbons (Fsp3) is 0.440.